The van der Waals surface area contributed by atoms with E-state index in [0.717, 1.165) is 21.8 Å². The lowest BCUT2D eigenvalue weighted by Crippen LogP contribution is -2.24. The molecule has 0 saturated carbocycles. The molecule has 158 valence electrons. The van der Waals surface area contributed by atoms with Gasteiger partial charge in [0.15, 0.2) is 0 Å². The number of hydrogen-bond acceptors (Lipinski definition) is 5. The number of benzene rings is 3. The second kappa shape index (κ2) is 8.72. The molecule has 0 spiro atoms. The average molecular weight is 441 g/mol. The largest absolute Gasteiger partial charge is 0.312 e. The van der Waals surface area contributed by atoms with Gasteiger partial charge in [-0.1, -0.05) is 72.0 Å². The Morgan fingerprint density at radius 2 is 1.53 bits per heavy atom. The summed E-state index contributed by atoms with van der Waals surface area (Å²) in [6, 6.07) is 27.1. The van der Waals surface area contributed by atoms with E-state index in [1.807, 2.05) is 72.8 Å². The lowest BCUT2D eigenvalue weighted by Gasteiger charge is -2.15. The van der Waals surface area contributed by atoms with Gasteiger partial charge in [0, 0.05) is 30.1 Å². The highest BCUT2D eigenvalue weighted by molar-refractivity contribution is 7.15. The number of hydrogen-bond donors (Lipinski definition) is 1. The molecular formula is C25H20N4O2S. The third-order valence-electron chi connectivity index (χ3n) is 5.46. The molecule has 0 radical (unpaired) electrons. The number of aromatic nitrogens is 2. The maximum absolute atomic E-state index is 12.6. The summed E-state index contributed by atoms with van der Waals surface area (Å²) in [7, 11) is 0. The molecule has 1 fully saturated rings. The fourth-order valence-corrected chi connectivity index (χ4v) is 4.62. The summed E-state index contributed by atoms with van der Waals surface area (Å²) in [5.74, 6) is -0.197. The molecule has 1 aromatic heterocycles. The number of carbonyl (C=O) groups excluding carboxylic acids is 2. The van der Waals surface area contributed by atoms with Crippen LogP contribution >= 0.6 is 11.3 Å². The SMILES string of the molecule is O=C(Nc1nnc(C2CC(=O)N(c3ccccc3)C2)s1)c1ccc(-c2ccccc2)cc1. The topological polar surface area (TPSA) is 75.2 Å². The van der Waals surface area contributed by atoms with Gasteiger partial charge in [0.2, 0.25) is 11.0 Å². The predicted molar refractivity (Wildman–Crippen MR) is 126 cm³/mol. The number of nitrogens with one attached hydrogen (secondary N) is 1. The minimum atomic E-state index is -0.235. The van der Waals surface area contributed by atoms with E-state index >= 15 is 0 Å². The van der Waals surface area contributed by atoms with Gasteiger partial charge >= 0.3 is 0 Å². The van der Waals surface area contributed by atoms with Crippen LogP contribution in [-0.4, -0.2) is 28.6 Å². The molecule has 32 heavy (non-hydrogen) atoms. The van der Waals surface area contributed by atoms with E-state index in [4.69, 9.17) is 0 Å². The summed E-state index contributed by atoms with van der Waals surface area (Å²) in [5, 5.41) is 12.4. The molecule has 3 aromatic carbocycles. The molecule has 5 rings (SSSR count). The molecule has 1 aliphatic heterocycles. The van der Waals surface area contributed by atoms with Crippen LogP contribution in [0.1, 0.15) is 27.7 Å². The first kappa shape index (κ1) is 20.1. The first-order valence-corrected chi connectivity index (χ1v) is 11.1. The Morgan fingerprint density at radius 1 is 0.875 bits per heavy atom. The zero-order valence-corrected chi connectivity index (χ0v) is 18.0. The van der Waals surface area contributed by atoms with Crippen LogP contribution in [0.4, 0.5) is 10.8 Å². The van der Waals surface area contributed by atoms with Gasteiger partial charge in [0.1, 0.15) is 5.01 Å². The molecule has 2 amide bonds. The Hall–Kier alpha value is -3.84. The van der Waals surface area contributed by atoms with Crippen molar-refractivity contribution in [3.63, 3.8) is 0 Å². The van der Waals surface area contributed by atoms with Gasteiger partial charge in [0.25, 0.3) is 5.91 Å². The molecule has 0 bridgehead atoms. The smallest absolute Gasteiger partial charge is 0.257 e. The molecule has 7 heteroatoms. The maximum Gasteiger partial charge on any atom is 0.257 e. The van der Waals surface area contributed by atoms with E-state index in [-0.39, 0.29) is 17.7 Å². The van der Waals surface area contributed by atoms with Crippen LogP contribution in [-0.2, 0) is 4.79 Å². The highest BCUT2D eigenvalue weighted by atomic mass is 32.1. The van der Waals surface area contributed by atoms with E-state index in [0.29, 0.717) is 23.7 Å². The predicted octanol–water partition coefficient (Wildman–Crippen LogP) is 4.98. The first-order chi connectivity index (χ1) is 15.7. The first-order valence-electron chi connectivity index (χ1n) is 10.3. The quantitative estimate of drug-likeness (QED) is 0.475. The Morgan fingerprint density at radius 3 is 2.25 bits per heavy atom. The minimum absolute atomic E-state index is 0.0315. The molecule has 1 N–H and O–H groups in total. The van der Waals surface area contributed by atoms with Gasteiger partial charge in [-0.15, -0.1) is 10.2 Å². The number of rotatable bonds is 5. The number of para-hydroxylation sites is 1. The van der Waals surface area contributed by atoms with Crippen LogP contribution in [0, 0.1) is 0 Å². The highest BCUT2D eigenvalue weighted by Crippen LogP contribution is 2.34. The van der Waals surface area contributed by atoms with Crippen molar-refractivity contribution < 1.29 is 9.59 Å². The van der Waals surface area contributed by atoms with Gasteiger partial charge in [0.05, 0.1) is 0 Å². The van der Waals surface area contributed by atoms with Crippen molar-refractivity contribution in [1.82, 2.24) is 10.2 Å². The Kier molecular flexibility index (Phi) is 5.47. The van der Waals surface area contributed by atoms with Crippen molar-refractivity contribution >= 4 is 34.0 Å². The molecule has 6 nitrogen and oxygen atoms in total. The number of anilines is 2. The van der Waals surface area contributed by atoms with Crippen LogP contribution in [0.25, 0.3) is 11.1 Å². The number of amides is 2. The molecule has 1 unspecified atom stereocenters. The Bertz CT molecular complexity index is 1240. The molecule has 1 aliphatic rings. The molecule has 2 heterocycles. The van der Waals surface area contributed by atoms with Crippen molar-refractivity contribution in [2.75, 3.05) is 16.8 Å². The Labute approximate surface area is 189 Å². The summed E-state index contributed by atoms with van der Waals surface area (Å²) in [6.45, 7) is 0.562. The number of carbonyl (C=O) groups is 2. The maximum atomic E-state index is 12.6. The highest BCUT2D eigenvalue weighted by Gasteiger charge is 2.33. The van der Waals surface area contributed by atoms with Crippen molar-refractivity contribution in [3.05, 3.63) is 95.5 Å². The third kappa shape index (κ3) is 4.15. The number of nitrogens with zero attached hydrogens (tertiary/aromatic N) is 3. The molecule has 4 aromatic rings. The van der Waals surface area contributed by atoms with Crippen LogP contribution in [0.5, 0.6) is 0 Å². The van der Waals surface area contributed by atoms with Crippen molar-refractivity contribution in [3.8, 4) is 11.1 Å². The van der Waals surface area contributed by atoms with Crippen molar-refractivity contribution in [1.29, 1.82) is 0 Å². The summed E-state index contributed by atoms with van der Waals surface area (Å²) in [5.41, 5.74) is 3.59. The monoisotopic (exact) mass is 440 g/mol. The van der Waals surface area contributed by atoms with Gasteiger partial charge < -0.3 is 4.90 Å². The fourth-order valence-electron chi connectivity index (χ4n) is 3.79. The second-order valence-electron chi connectivity index (χ2n) is 7.58. The average Bonchev–Trinajstić information content (AvgIpc) is 3.47. The second-order valence-corrected chi connectivity index (χ2v) is 8.59. The Balaban J connectivity index is 1.24. The van der Waals surface area contributed by atoms with E-state index < -0.39 is 0 Å². The van der Waals surface area contributed by atoms with Crippen LogP contribution in [0.2, 0.25) is 0 Å². The summed E-state index contributed by atoms with van der Waals surface area (Å²) in [6.07, 6.45) is 0.387. The lowest BCUT2D eigenvalue weighted by atomic mass is 10.0. The molecule has 1 saturated heterocycles. The van der Waals surface area contributed by atoms with E-state index in [1.54, 1.807) is 17.0 Å². The summed E-state index contributed by atoms with van der Waals surface area (Å²) < 4.78 is 0. The summed E-state index contributed by atoms with van der Waals surface area (Å²) in [4.78, 5) is 26.9. The fraction of sp³-hybridized carbons (Fsp3) is 0.120. The normalized spacial score (nSPS) is 15.7. The summed E-state index contributed by atoms with van der Waals surface area (Å²) >= 11 is 1.32. The van der Waals surface area contributed by atoms with Gasteiger partial charge in [-0.05, 0) is 35.4 Å². The standard InChI is InChI=1S/C25H20N4O2S/c30-22-15-20(16-29(22)21-9-5-2-6-10-21)24-27-28-25(32-24)26-23(31)19-13-11-18(12-14-19)17-7-3-1-4-8-17/h1-14,20H,15-16H2,(H,26,28,31). The van der Waals surface area contributed by atoms with Gasteiger partial charge in [-0.25, -0.2) is 0 Å². The van der Waals surface area contributed by atoms with E-state index in [9.17, 15) is 9.59 Å². The minimum Gasteiger partial charge on any atom is -0.312 e. The van der Waals surface area contributed by atoms with Crippen LogP contribution < -0.4 is 10.2 Å². The lowest BCUT2D eigenvalue weighted by molar-refractivity contribution is -0.117. The van der Waals surface area contributed by atoms with Crippen molar-refractivity contribution in [2.24, 2.45) is 0 Å². The third-order valence-corrected chi connectivity index (χ3v) is 6.46. The van der Waals surface area contributed by atoms with Crippen LogP contribution in [0.3, 0.4) is 0 Å². The van der Waals surface area contributed by atoms with E-state index in [1.165, 1.54) is 11.3 Å². The van der Waals surface area contributed by atoms with E-state index in [2.05, 4.69) is 15.5 Å². The van der Waals surface area contributed by atoms with Gasteiger partial charge in [-0.3, -0.25) is 14.9 Å². The van der Waals surface area contributed by atoms with Crippen molar-refractivity contribution in [2.45, 2.75) is 12.3 Å². The van der Waals surface area contributed by atoms with Gasteiger partial charge in [-0.2, -0.15) is 0 Å². The molecule has 1 atom stereocenters. The zero-order chi connectivity index (χ0) is 21.9. The molecular weight excluding hydrogens is 420 g/mol. The van der Waals surface area contributed by atoms with Crippen LogP contribution in [0.15, 0.2) is 84.9 Å². The zero-order valence-electron chi connectivity index (χ0n) is 17.1. The molecule has 0 aliphatic carbocycles.